The minimum Gasteiger partial charge on any atom is -0.325 e. The number of hydrogen-bond acceptors (Lipinski definition) is 5. The number of nitrogens with zero attached hydrogens (tertiary/aromatic N) is 3. The van der Waals surface area contributed by atoms with E-state index in [0.717, 1.165) is 45.5 Å². The Morgan fingerprint density at radius 3 is 2.52 bits per heavy atom. The van der Waals surface area contributed by atoms with Crippen LogP contribution in [0.3, 0.4) is 0 Å². The molecule has 0 bridgehead atoms. The summed E-state index contributed by atoms with van der Waals surface area (Å²) in [6.45, 7) is 2.03. The largest absolute Gasteiger partial charge is 0.325 e. The molecule has 0 saturated heterocycles. The van der Waals surface area contributed by atoms with Crippen molar-refractivity contribution >= 4 is 34.7 Å². The van der Waals surface area contributed by atoms with Crippen LogP contribution in [-0.2, 0) is 4.79 Å². The molecule has 2 aromatic carbocycles. The number of thioether (sulfide) groups is 1. The SMILES string of the molecule is Cc1ccc(NC(=O)[C@@H](Sc2nnc(-c3cccs3)n2C2CC2)c2ccccc2)cc1. The zero-order valence-corrected chi connectivity index (χ0v) is 18.7. The van der Waals surface area contributed by atoms with E-state index in [2.05, 4.69) is 31.5 Å². The van der Waals surface area contributed by atoms with Gasteiger partial charge in [0.25, 0.3) is 0 Å². The Balaban J connectivity index is 1.47. The average molecular weight is 447 g/mol. The highest BCUT2D eigenvalue weighted by Crippen LogP contribution is 2.44. The predicted molar refractivity (Wildman–Crippen MR) is 126 cm³/mol. The molecule has 4 aromatic rings. The molecule has 2 aromatic heterocycles. The minimum atomic E-state index is -0.430. The normalized spacial score (nSPS) is 14.4. The number of anilines is 1. The summed E-state index contributed by atoms with van der Waals surface area (Å²) in [6, 6.07) is 22.2. The third kappa shape index (κ3) is 4.43. The number of amides is 1. The maximum Gasteiger partial charge on any atom is 0.242 e. The molecule has 1 fully saturated rings. The highest BCUT2D eigenvalue weighted by atomic mass is 32.2. The van der Waals surface area contributed by atoms with Crippen molar-refractivity contribution in [2.75, 3.05) is 5.32 Å². The Morgan fingerprint density at radius 2 is 1.84 bits per heavy atom. The first-order valence-electron chi connectivity index (χ1n) is 10.3. The molecule has 1 amide bonds. The molecule has 2 heterocycles. The molecule has 7 heteroatoms. The highest BCUT2D eigenvalue weighted by molar-refractivity contribution is 8.00. The van der Waals surface area contributed by atoms with Gasteiger partial charge in [-0.25, -0.2) is 0 Å². The van der Waals surface area contributed by atoms with Crippen molar-refractivity contribution in [3.63, 3.8) is 0 Å². The number of nitrogens with one attached hydrogen (secondary N) is 1. The van der Waals surface area contributed by atoms with E-state index in [0.29, 0.717) is 6.04 Å². The topological polar surface area (TPSA) is 59.8 Å². The van der Waals surface area contributed by atoms with Gasteiger partial charge in [0.1, 0.15) is 5.25 Å². The first kappa shape index (κ1) is 20.0. The summed E-state index contributed by atoms with van der Waals surface area (Å²) in [5.41, 5.74) is 2.89. The van der Waals surface area contributed by atoms with Crippen molar-refractivity contribution in [2.45, 2.75) is 36.2 Å². The Kier molecular flexibility index (Phi) is 5.61. The monoisotopic (exact) mass is 446 g/mol. The van der Waals surface area contributed by atoms with Gasteiger partial charge in [0.05, 0.1) is 4.88 Å². The number of hydrogen-bond donors (Lipinski definition) is 1. The first-order valence-corrected chi connectivity index (χ1v) is 12.0. The van der Waals surface area contributed by atoms with Gasteiger partial charge in [0.15, 0.2) is 11.0 Å². The van der Waals surface area contributed by atoms with Gasteiger partial charge >= 0.3 is 0 Å². The summed E-state index contributed by atoms with van der Waals surface area (Å²) in [7, 11) is 0. The zero-order valence-electron chi connectivity index (χ0n) is 17.1. The molecule has 0 spiro atoms. The average Bonchev–Trinajstić information content (AvgIpc) is 3.31. The molecule has 1 atom stereocenters. The van der Waals surface area contributed by atoms with E-state index in [1.54, 1.807) is 11.3 Å². The van der Waals surface area contributed by atoms with Crippen LogP contribution in [0.5, 0.6) is 0 Å². The Bertz CT molecular complexity index is 1170. The molecular weight excluding hydrogens is 424 g/mol. The van der Waals surface area contributed by atoms with E-state index < -0.39 is 5.25 Å². The number of carbonyl (C=O) groups is 1. The van der Waals surface area contributed by atoms with Crippen molar-refractivity contribution in [3.05, 3.63) is 83.2 Å². The molecular formula is C24H22N4OS2. The number of carbonyl (C=O) groups excluding carboxylic acids is 1. The molecule has 0 aliphatic heterocycles. The lowest BCUT2D eigenvalue weighted by Gasteiger charge is -2.17. The lowest BCUT2D eigenvalue weighted by atomic mass is 10.1. The fourth-order valence-corrected chi connectivity index (χ4v) is 5.26. The van der Waals surface area contributed by atoms with Gasteiger partial charge in [-0.2, -0.15) is 0 Å². The maximum absolute atomic E-state index is 13.3. The molecule has 156 valence electrons. The van der Waals surface area contributed by atoms with Crippen molar-refractivity contribution < 1.29 is 4.79 Å². The zero-order chi connectivity index (χ0) is 21.2. The van der Waals surface area contributed by atoms with Gasteiger partial charge in [-0.3, -0.25) is 9.36 Å². The second-order valence-electron chi connectivity index (χ2n) is 7.65. The van der Waals surface area contributed by atoms with Gasteiger partial charge < -0.3 is 5.32 Å². The Labute approximate surface area is 189 Å². The third-order valence-corrected chi connectivity index (χ3v) is 7.28. The minimum absolute atomic E-state index is 0.0666. The van der Waals surface area contributed by atoms with E-state index in [9.17, 15) is 4.79 Å². The lowest BCUT2D eigenvalue weighted by molar-refractivity contribution is -0.115. The molecule has 1 aliphatic rings. The van der Waals surface area contributed by atoms with Crippen molar-refractivity contribution in [1.29, 1.82) is 0 Å². The maximum atomic E-state index is 13.3. The van der Waals surface area contributed by atoms with Crippen molar-refractivity contribution in [2.24, 2.45) is 0 Å². The molecule has 0 radical (unpaired) electrons. The van der Waals surface area contributed by atoms with Crippen LogP contribution in [0, 0.1) is 6.92 Å². The fourth-order valence-electron chi connectivity index (χ4n) is 3.44. The Morgan fingerprint density at radius 1 is 1.06 bits per heavy atom. The summed E-state index contributed by atoms with van der Waals surface area (Å²) >= 11 is 3.13. The quantitative estimate of drug-likeness (QED) is 0.347. The molecule has 1 saturated carbocycles. The summed E-state index contributed by atoms with van der Waals surface area (Å²) in [6.07, 6.45) is 2.24. The van der Waals surface area contributed by atoms with Crippen LogP contribution in [0.4, 0.5) is 5.69 Å². The predicted octanol–water partition coefficient (Wildman–Crippen LogP) is 6.12. The number of thiophene rings is 1. The molecule has 31 heavy (non-hydrogen) atoms. The van der Waals surface area contributed by atoms with Crippen LogP contribution in [0.15, 0.2) is 77.3 Å². The molecule has 1 aliphatic carbocycles. The van der Waals surface area contributed by atoms with Crippen molar-refractivity contribution in [3.8, 4) is 10.7 Å². The molecule has 0 unspecified atom stereocenters. The van der Waals surface area contributed by atoms with Crippen molar-refractivity contribution in [1.82, 2.24) is 14.8 Å². The number of aryl methyl sites for hydroxylation is 1. The number of rotatable bonds is 7. The van der Waals surface area contributed by atoms with Crippen LogP contribution in [0.2, 0.25) is 0 Å². The highest BCUT2D eigenvalue weighted by Gasteiger charge is 2.33. The van der Waals surface area contributed by atoms with Crippen LogP contribution in [-0.4, -0.2) is 20.7 Å². The number of aromatic nitrogens is 3. The third-order valence-electron chi connectivity index (χ3n) is 5.20. The molecule has 5 nitrogen and oxygen atoms in total. The van der Waals surface area contributed by atoms with Crippen LogP contribution < -0.4 is 5.32 Å². The summed E-state index contributed by atoms with van der Waals surface area (Å²) in [5.74, 6) is 0.828. The second kappa shape index (κ2) is 8.69. The summed E-state index contributed by atoms with van der Waals surface area (Å²) in [5, 5.41) is 14.5. The van der Waals surface area contributed by atoms with Gasteiger partial charge in [0.2, 0.25) is 5.91 Å². The molecule has 1 N–H and O–H groups in total. The number of benzene rings is 2. The molecule has 5 rings (SSSR count). The van der Waals surface area contributed by atoms with Crippen LogP contribution in [0.1, 0.15) is 35.3 Å². The van der Waals surface area contributed by atoms with E-state index in [4.69, 9.17) is 0 Å². The standard InChI is InChI=1S/C24H22N4OS2/c1-16-9-11-18(12-10-16)25-23(29)21(17-6-3-2-4-7-17)31-24-27-26-22(20-8-5-15-30-20)28(24)19-13-14-19/h2-12,15,19,21H,13-14H2,1H3,(H,25,29)/t21-/m0/s1. The first-order chi connectivity index (χ1) is 15.2. The summed E-state index contributed by atoms with van der Waals surface area (Å²) in [4.78, 5) is 14.5. The van der Waals surface area contributed by atoms with Crippen LogP contribution in [0.25, 0.3) is 10.7 Å². The van der Waals surface area contributed by atoms with Gasteiger partial charge in [-0.05, 0) is 48.9 Å². The van der Waals surface area contributed by atoms with E-state index in [-0.39, 0.29) is 5.91 Å². The smallest absolute Gasteiger partial charge is 0.242 e. The van der Waals surface area contributed by atoms with E-state index >= 15 is 0 Å². The van der Waals surface area contributed by atoms with Crippen LogP contribution >= 0.6 is 23.1 Å². The summed E-state index contributed by atoms with van der Waals surface area (Å²) < 4.78 is 2.21. The Hall–Kier alpha value is -2.90. The van der Waals surface area contributed by atoms with E-state index in [1.165, 1.54) is 11.8 Å². The van der Waals surface area contributed by atoms with Gasteiger partial charge in [-0.1, -0.05) is 65.9 Å². The second-order valence-corrected chi connectivity index (χ2v) is 9.67. The lowest BCUT2D eigenvalue weighted by Crippen LogP contribution is -2.19. The van der Waals surface area contributed by atoms with Gasteiger partial charge in [0, 0.05) is 11.7 Å². The van der Waals surface area contributed by atoms with Gasteiger partial charge in [-0.15, -0.1) is 21.5 Å². The fraction of sp³-hybridized carbons (Fsp3) is 0.208. The van der Waals surface area contributed by atoms with E-state index in [1.807, 2.05) is 67.6 Å².